The number of nitrogens with one attached hydrogen (secondary N) is 1. The minimum absolute atomic E-state index is 0.0807. The summed E-state index contributed by atoms with van der Waals surface area (Å²) in [5.74, 6) is -0.0807. The highest BCUT2D eigenvalue weighted by molar-refractivity contribution is 8.01. The fraction of sp³-hybridized carbons (Fsp3) is 0.611. The van der Waals surface area contributed by atoms with Gasteiger partial charge >= 0.3 is 0 Å². The molecule has 2 aliphatic rings. The van der Waals surface area contributed by atoms with Crippen molar-refractivity contribution >= 4 is 33.4 Å². The number of morpholine rings is 1. The van der Waals surface area contributed by atoms with Crippen molar-refractivity contribution in [2.24, 2.45) is 0 Å². The minimum atomic E-state index is -3.56. The van der Waals surface area contributed by atoms with Crippen LogP contribution >= 0.6 is 11.8 Å². The van der Waals surface area contributed by atoms with Gasteiger partial charge in [-0.2, -0.15) is 4.31 Å². The van der Waals surface area contributed by atoms with Crippen LogP contribution in [0.5, 0.6) is 0 Å². The number of hydrogen-bond acceptors (Lipinski definition) is 5. The molecule has 1 saturated heterocycles. The van der Waals surface area contributed by atoms with Crippen LogP contribution in [-0.4, -0.2) is 55.4 Å². The molecule has 1 aromatic rings. The summed E-state index contributed by atoms with van der Waals surface area (Å²) < 4.78 is 32.1. The predicted molar refractivity (Wildman–Crippen MR) is 104 cm³/mol. The van der Waals surface area contributed by atoms with E-state index in [1.807, 2.05) is 6.92 Å². The van der Waals surface area contributed by atoms with Crippen LogP contribution in [0.15, 0.2) is 29.2 Å². The predicted octanol–water partition coefficient (Wildman–Crippen LogP) is 2.71. The summed E-state index contributed by atoms with van der Waals surface area (Å²) in [6, 6.07) is 6.49. The van der Waals surface area contributed by atoms with Gasteiger partial charge in [0.15, 0.2) is 0 Å². The third kappa shape index (κ3) is 4.79. The zero-order valence-electron chi connectivity index (χ0n) is 15.0. The average molecular weight is 399 g/mol. The third-order valence-electron chi connectivity index (χ3n) is 4.78. The van der Waals surface area contributed by atoms with Crippen LogP contribution in [0.1, 0.15) is 32.6 Å². The number of benzene rings is 1. The van der Waals surface area contributed by atoms with Crippen LogP contribution < -0.4 is 5.32 Å². The Labute approximate surface area is 159 Å². The van der Waals surface area contributed by atoms with E-state index in [9.17, 15) is 13.2 Å². The summed E-state index contributed by atoms with van der Waals surface area (Å²) in [5.41, 5.74) is 0.517. The molecule has 1 aromatic carbocycles. The van der Waals surface area contributed by atoms with Crippen LogP contribution in [-0.2, 0) is 19.6 Å². The quantitative estimate of drug-likeness (QED) is 0.797. The first-order valence-corrected chi connectivity index (χ1v) is 11.5. The normalized spacial score (nSPS) is 20.8. The molecule has 8 heteroatoms. The number of nitrogens with zero attached hydrogens (tertiary/aromatic N) is 1. The van der Waals surface area contributed by atoms with E-state index in [0.29, 0.717) is 37.2 Å². The molecule has 144 valence electrons. The van der Waals surface area contributed by atoms with Crippen LogP contribution in [0.3, 0.4) is 0 Å². The summed E-state index contributed by atoms with van der Waals surface area (Å²) in [4.78, 5) is 12.7. The maximum atomic E-state index is 12.7. The van der Waals surface area contributed by atoms with E-state index >= 15 is 0 Å². The summed E-state index contributed by atoms with van der Waals surface area (Å²) in [6.07, 6.45) is 4.84. The first-order valence-electron chi connectivity index (χ1n) is 9.11. The van der Waals surface area contributed by atoms with E-state index in [1.165, 1.54) is 36.1 Å². The summed E-state index contributed by atoms with van der Waals surface area (Å²) >= 11 is 1.71. The molecule has 3 rings (SSSR count). The first-order chi connectivity index (χ1) is 12.5. The number of carbonyl (C=O) groups is 1. The van der Waals surface area contributed by atoms with Crippen molar-refractivity contribution in [1.29, 1.82) is 0 Å². The third-order valence-corrected chi connectivity index (χ3v) is 8.15. The van der Waals surface area contributed by atoms with Crippen molar-refractivity contribution in [3.8, 4) is 0 Å². The number of amides is 1. The molecule has 1 aliphatic carbocycles. The standard InChI is InChI=1S/C18H26N2O4S2/c1-14(25-16-6-2-3-7-16)18(21)19-15-5-4-8-17(13-15)26(22,23)20-9-11-24-12-10-20/h4-5,8,13-14,16H,2-3,6-7,9-12H2,1H3,(H,19,21)/t14-/m0/s1. The molecule has 26 heavy (non-hydrogen) atoms. The van der Waals surface area contributed by atoms with E-state index in [4.69, 9.17) is 4.74 Å². The van der Waals surface area contributed by atoms with Gasteiger partial charge in [0.2, 0.25) is 15.9 Å². The zero-order chi connectivity index (χ0) is 18.6. The van der Waals surface area contributed by atoms with Crippen LogP contribution in [0.25, 0.3) is 0 Å². The van der Waals surface area contributed by atoms with Gasteiger partial charge in [-0.1, -0.05) is 18.9 Å². The van der Waals surface area contributed by atoms with Gasteiger partial charge in [0.05, 0.1) is 23.4 Å². The molecule has 1 aliphatic heterocycles. The van der Waals surface area contributed by atoms with Crippen LogP contribution in [0.2, 0.25) is 0 Å². The summed E-state index contributed by atoms with van der Waals surface area (Å²) in [6.45, 7) is 3.44. The number of thioether (sulfide) groups is 1. The van der Waals surface area contributed by atoms with Gasteiger partial charge in [0.25, 0.3) is 0 Å². The van der Waals surface area contributed by atoms with Gasteiger partial charge in [-0.3, -0.25) is 4.79 Å². The van der Waals surface area contributed by atoms with Crippen molar-refractivity contribution in [2.45, 2.75) is 48.0 Å². The lowest BCUT2D eigenvalue weighted by molar-refractivity contribution is -0.115. The van der Waals surface area contributed by atoms with Crippen molar-refractivity contribution in [1.82, 2.24) is 4.31 Å². The Balaban J connectivity index is 1.65. The molecule has 1 atom stereocenters. The lowest BCUT2D eigenvalue weighted by Crippen LogP contribution is -2.40. The van der Waals surface area contributed by atoms with Gasteiger partial charge in [0, 0.05) is 24.0 Å². The monoisotopic (exact) mass is 398 g/mol. The largest absolute Gasteiger partial charge is 0.379 e. The zero-order valence-corrected chi connectivity index (χ0v) is 16.7. The van der Waals surface area contributed by atoms with Gasteiger partial charge in [-0.15, -0.1) is 11.8 Å². The maximum absolute atomic E-state index is 12.7. The van der Waals surface area contributed by atoms with E-state index in [1.54, 1.807) is 30.0 Å². The molecule has 2 fully saturated rings. The fourth-order valence-electron chi connectivity index (χ4n) is 3.29. The first kappa shape index (κ1) is 19.7. The lowest BCUT2D eigenvalue weighted by atomic mass is 10.3. The Morgan fingerprint density at radius 3 is 2.65 bits per heavy atom. The molecule has 1 saturated carbocycles. The number of hydrogen-bond donors (Lipinski definition) is 1. The molecular formula is C18H26N2O4S2. The molecule has 0 spiro atoms. The Bertz CT molecular complexity index is 726. The number of sulfonamides is 1. The lowest BCUT2D eigenvalue weighted by Gasteiger charge is -2.26. The number of carbonyl (C=O) groups excluding carboxylic acids is 1. The Morgan fingerprint density at radius 1 is 1.27 bits per heavy atom. The number of rotatable bonds is 6. The highest BCUT2D eigenvalue weighted by Gasteiger charge is 2.27. The second-order valence-corrected chi connectivity index (χ2v) is 10.3. The molecule has 0 radical (unpaired) electrons. The van der Waals surface area contributed by atoms with Crippen molar-refractivity contribution in [3.63, 3.8) is 0 Å². The van der Waals surface area contributed by atoms with E-state index in [2.05, 4.69) is 5.32 Å². The molecule has 1 heterocycles. The smallest absolute Gasteiger partial charge is 0.243 e. The van der Waals surface area contributed by atoms with Gasteiger partial charge in [-0.05, 0) is 38.0 Å². The highest BCUT2D eigenvalue weighted by Crippen LogP contribution is 2.32. The van der Waals surface area contributed by atoms with Crippen molar-refractivity contribution < 1.29 is 17.9 Å². The molecule has 1 N–H and O–H groups in total. The topological polar surface area (TPSA) is 75.7 Å². The average Bonchev–Trinajstić information content (AvgIpc) is 3.15. The van der Waals surface area contributed by atoms with Gasteiger partial charge in [-0.25, -0.2) is 8.42 Å². The second-order valence-electron chi connectivity index (χ2n) is 6.72. The minimum Gasteiger partial charge on any atom is -0.379 e. The summed E-state index contributed by atoms with van der Waals surface area (Å²) in [5, 5.41) is 3.27. The Hall–Kier alpha value is -1.09. The van der Waals surface area contributed by atoms with Crippen LogP contribution in [0, 0.1) is 0 Å². The maximum Gasteiger partial charge on any atom is 0.243 e. The number of ether oxygens (including phenoxy) is 1. The SMILES string of the molecule is C[C@H](SC1CCCC1)C(=O)Nc1cccc(S(=O)(=O)N2CCOCC2)c1. The van der Waals surface area contributed by atoms with E-state index in [0.717, 1.165) is 0 Å². The molecule has 1 amide bonds. The van der Waals surface area contributed by atoms with Crippen molar-refractivity contribution in [3.05, 3.63) is 24.3 Å². The van der Waals surface area contributed by atoms with E-state index in [-0.39, 0.29) is 16.1 Å². The molecule has 0 unspecified atom stereocenters. The summed E-state index contributed by atoms with van der Waals surface area (Å²) in [7, 11) is -3.56. The van der Waals surface area contributed by atoms with E-state index < -0.39 is 10.0 Å². The van der Waals surface area contributed by atoms with Gasteiger partial charge in [0.1, 0.15) is 0 Å². The number of anilines is 1. The fourth-order valence-corrected chi connectivity index (χ4v) is 6.11. The molecule has 6 nitrogen and oxygen atoms in total. The van der Waals surface area contributed by atoms with Crippen molar-refractivity contribution in [2.75, 3.05) is 31.6 Å². The Kier molecular flexibility index (Phi) is 6.60. The second kappa shape index (κ2) is 8.73. The molecular weight excluding hydrogens is 372 g/mol. The highest BCUT2D eigenvalue weighted by atomic mass is 32.2. The Morgan fingerprint density at radius 2 is 1.96 bits per heavy atom. The van der Waals surface area contributed by atoms with Crippen LogP contribution in [0.4, 0.5) is 5.69 Å². The molecule has 0 aromatic heterocycles. The van der Waals surface area contributed by atoms with Gasteiger partial charge < -0.3 is 10.1 Å². The molecule has 0 bridgehead atoms.